The highest BCUT2D eigenvalue weighted by Crippen LogP contribution is 2.19. The molecule has 0 heterocycles. The summed E-state index contributed by atoms with van der Waals surface area (Å²) in [6.45, 7) is -0.230. The van der Waals surface area contributed by atoms with Crippen LogP contribution in [0.3, 0.4) is 0 Å². The molecule has 0 aromatic heterocycles. The van der Waals surface area contributed by atoms with Gasteiger partial charge in [0.2, 0.25) is 5.91 Å². The highest BCUT2D eigenvalue weighted by molar-refractivity contribution is 7.80. The summed E-state index contributed by atoms with van der Waals surface area (Å²) in [5.74, 6) is -0.385. The number of rotatable bonds is 5. The van der Waals surface area contributed by atoms with Gasteiger partial charge in [-0.25, -0.2) is 0 Å². The summed E-state index contributed by atoms with van der Waals surface area (Å²) in [4.78, 5) is 23.9. The van der Waals surface area contributed by atoms with Gasteiger partial charge in [0.05, 0.1) is 0 Å². The van der Waals surface area contributed by atoms with Gasteiger partial charge in [-0.05, 0) is 58.9 Å². The molecule has 0 spiro atoms. The number of thiocarbonyl (C=S) groups is 1. The molecule has 30 heavy (non-hydrogen) atoms. The minimum atomic E-state index is -0.465. The number of benzene rings is 3. The van der Waals surface area contributed by atoms with Gasteiger partial charge in [-0.2, -0.15) is 0 Å². The number of fused-ring (bicyclic) bond motifs is 1. The summed E-state index contributed by atoms with van der Waals surface area (Å²) in [6, 6.07) is 20.4. The first-order chi connectivity index (χ1) is 14.5. The quantitative estimate of drug-likeness (QED) is 0.321. The standard InChI is InChI=1S/C22H18ClN3O3S/c23-17-9-11-18(12-10-17)29-14-21(28)25-26-22(30)24-20(27)13-8-16-6-3-5-15-4-1-2-7-19(15)16/h1-13H,14H2,(H,25,28)(H2,24,26,27,30)/b13-8+. The largest absolute Gasteiger partial charge is 0.484 e. The molecule has 3 aromatic carbocycles. The van der Waals surface area contributed by atoms with Crippen molar-refractivity contribution in [3.05, 3.63) is 83.4 Å². The molecule has 0 aliphatic carbocycles. The van der Waals surface area contributed by atoms with Crippen LogP contribution in [0.4, 0.5) is 0 Å². The molecule has 152 valence electrons. The monoisotopic (exact) mass is 439 g/mol. The fourth-order valence-corrected chi connectivity index (χ4v) is 2.87. The lowest BCUT2D eigenvalue weighted by Crippen LogP contribution is -2.49. The Balaban J connectivity index is 1.44. The van der Waals surface area contributed by atoms with Crippen LogP contribution in [0.2, 0.25) is 5.02 Å². The molecular formula is C22H18ClN3O3S. The van der Waals surface area contributed by atoms with Crippen LogP contribution in [0.25, 0.3) is 16.8 Å². The summed E-state index contributed by atoms with van der Waals surface area (Å²) in [5.41, 5.74) is 5.71. The van der Waals surface area contributed by atoms with E-state index in [1.54, 1.807) is 30.3 Å². The van der Waals surface area contributed by atoms with Crippen LogP contribution >= 0.6 is 23.8 Å². The summed E-state index contributed by atoms with van der Waals surface area (Å²) in [7, 11) is 0. The molecule has 2 amide bonds. The van der Waals surface area contributed by atoms with E-state index in [4.69, 9.17) is 28.6 Å². The number of hydrazine groups is 1. The van der Waals surface area contributed by atoms with E-state index in [-0.39, 0.29) is 11.7 Å². The molecule has 0 aliphatic rings. The Hall–Kier alpha value is -3.42. The SMILES string of the molecule is O=C(/C=C/c1cccc2ccccc12)NC(=S)NNC(=O)COc1ccc(Cl)cc1. The lowest BCUT2D eigenvalue weighted by Gasteiger charge is -2.10. The maximum absolute atomic E-state index is 12.1. The van der Waals surface area contributed by atoms with Crippen molar-refractivity contribution >= 4 is 57.6 Å². The van der Waals surface area contributed by atoms with E-state index in [0.717, 1.165) is 16.3 Å². The van der Waals surface area contributed by atoms with Crippen molar-refractivity contribution in [3.8, 4) is 5.75 Å². The van der Waals surface area contributed by atoms with Gasteiger partial charge >= 0.3 is 0 Å². The maximum Gasteiger partial charge on any atom is 0.276 e. The van der Waals surface area contributed by atoms with Crippen molar-refractivity contribution in [3.63, 3.8) is 0 Å². The average molecular weight is 440 g/mol. The molecule has 0 unspecified atom stereocenters. The molecule has 0 saturated heterocycles. The second-order valence-electron chi connectivity index (χ2n) is 6.14. The fourth-order valence-electron chi connectivity index (χ4n) is 2.59. The highest BCUT2D eigenvalue weighted by Gasteiger charge is 2.05. The summed E-state index contributed by atoms with van der Waals surface area (Å²) < 4.78 is 5.31. The number of nitrogens with one attached hydrogen (secondary N) is 3. The maximum atomic E-state index is 12.1. The Labute approximate surface area is 183 Å². The second kappa shape index (κ2) is 10.4. The molecule has 8 heteroatoms. The first-order valence-corrected chi connectivity index (χ1v) is 9.74. The number of carbonyl (C=O) groups excluding carboxylic acids is 2. The smallest absolute Gasteiger partial charge is 0.276 e. The lowest BCUT2D eigenvalue weighted by molar-refractivity contribution is -0.123. The van der Waals surface area contributed by atoms with Crippen molar-refractivity contribution in [1.29, 1.82) is 0 Å². The third-order valence-electron chi connectivity index (χ3n) is 3.97. The van der Waals surface area contributed by atoms with Crippen LogP contribution in [0.5, 0.6) is 5.75 Å². The Bertz CT molecular complexity index is 1090. The van der Waals surface area contributed by atoms with Crippen molar-refractivity contribution in [2.45, 2.75) is 0 Å². The van der Waals surface area contributed by atoms with Crippen LogP contribution in [0.1, 0.15) is 5.56 Å². The van der Waals surface area contributed by atoms with Gasteiger partial charge in [0.15, 0.2) is 11.7 Å². The summed E-state index contributed by atoms with van der Waals surface area (Å²) in [5, 5.41) is 5.12. The lowest BCUT2D eigenvalue weighted by atomic mass is 10.0. The van der Waals surface area contributed by atoms with Gasteiger partial charge in [-0.1, -0.05) is 54.1 Å². The number of carbonyl (C=O) groups is 2. The predicted octanol–water partition coefficient (Wildman–Crippen LogP) is 3.61. The first kappa shape index (κ1) is 21.3. The number of halogens is 1. The van der Waals surface area contributed by atoms with E-state index in [0.29, 0.717) is 10.8 Å². The zero-order chi connectivity index (χ0) is 21.3. The van der Waals surface area contributed by atoms with Crippen LogP contribution in [0.15, 0.2) is 72.8 Å². The number of hydrogen-bond acceptors (Lipinski definition) is 4. The minimum absolute atomic E-state index is 0.0394. The average Bonchev–Trinajstić information content (AvgIpc) is 2.76. The van der Waals surface area contributed by atoms with Crippen molar-refractivity contribution < 1.29 is 14.3 Å². The Morgan fingerprint density at radius 2 is 1.70 bits per heavy atom. The molecule has 3 rings (SSSR count). The number of ether oxygens (including phenoxy) is 1. The van der Waals surface area contributed by atoms with E-state index in [1.165, 1.54) is 6.08 Å². The van der Waals surface area contributed by atoms with Crippen molar-refractivity contribution in [2.24, 2.45) is 0 Å². The number of amides is 2. The fraction of sp³-hybridized carbons (Fsp3) is 0.0455. The molecule has 6 nitrogen and oxygen atoms in total. The summed E-state index contributed by atoms with van der Waals surface area (Å²) in [6.07, 6.45) is 3.08. The van der Waals surface area contributed by atoms with Crippen molar-refractivity contribution in [2.75, 3.05) is 6.61 Å². The van der Waals surface area contributed by atoms with Crippen LogP contribution < -0.4 is 20.9 Å². The van der Waals surface area contributed by atoms with Gasteiger partial charge < -0.3 is 4.74 Å². The molecule has 0 bridgehead atoms. The Morgan fingerprint density at radius 1 is 0.967 bits per heavy atom. The van der Waals surface area contributed by atoms with Gasteiger partial charge in [-0.3, -0.25) is 25.8 Å². The molecule has 0 fully saturated rings. The van der Waals surface area contributed by atoms with E-state index >= 15 is 0 Å². The zero-order valence-electron chi connectivity index (χ0n) is 15.7. The van der Waals surface area contributed by atoms with E-state index in [9.17, 15) is 9.59 Å². The number of hydrogen-bond donors (Lipinski definition) is 3. The van der Waals surface area contributed by atoms with Crippen LogP contribution in [0, 0.1) is 0 Å². The Kier molecular flexibility index (Phi) is 7.37. The van der Waals surface area contributed by atoms with Crippen LogP contribution in [-0.4, -0.2) is 23.5 Å². The minimum Gasteiger partial charge on any atom is -0.484 e. The van der Waals surface area contributed by atoms with Gasteiger partial charge in [0.1, 0.15) is 5.75 Å². The Morgan fingerprint density at radius 3 is 2.50 bits per heavy atom. The first-order valence-electron chi connectivity index (χ1n) is 8.95. The predicted molar refractivity (Wildman–Crippen MR) is 122 cm³/mol. The van der Waals surface area contributed by atoms with Gasteiger partial charge in [0.25, 0.3) is 5.91 Å². The van der Waals surface area contributed by atoms with Crippen LogP contribution in [-0.2, 0) is 9.59 Å². The molecule has 0 saturated carbocycles. The van der Waals surface area contributed by atoms with E-state index < -0.39 is 11.8 Å². The van der Waals surface area contributed by atoms with E-state index in [1.807, 2.05) is 42.5 Å². The normalized spacial score (nSPS) is 10.6. The zero-order valence-corrected chi connectivity index (χ0v) is 17.3. The second-order valence-corrected chi connectivity index (χ2v) is 6.98. The van der Waals surface area contributed by atoms with E-state index in [2.05, 4.69) is 16.2 Å². The third-order valence-corrected chi connectivity index (χ3v) is 4.43. The molecule has 0 atom stereocenters. The van der Waals surface area contributed by atoms with Crippen molar-refractivity contribution in [1.82, 2.24) is 16.2 Å². The van der Waals surface area contributed by atoms with Gasteiger partial charge in [-0.15, -0.1) is 0 Å². The highest BCUT2D eigenvalue weighted by atomic mass is 35.5. The summed E-state index contributed by atoms with van der Waals surface area (Å²) >= 11 is 10.8. The molecule has 0 radical (unpaired) electrons. The molecule has 0 aliphatic heterocycles. The third kappa shape index (κ3) is 6.30. The molecule has 3 aromatic rings. The molecular weight excluding hydrogens is 422 g/mol. The molecule has 3 N–H and O–H groups in total. The topological polar surface area (TPSA) is 79.5 Å². The van der Waals surface area contributed by atoms with Gasteiger partial charge in [0, 0.05) is 11.1 Å².